The molecular weight excluding hydrogens is 158 g/mol. The monoisotopic (exact) mass is 158 g/mol. The van der Waals surface area contributed by atoms with E-state index in [0.717, 1.165) is 0 Å². The zero-order valence-electron chi connectivity index (χ0n) is 4.04. The van der Waals surface area contributed by atoms with Crippen LogP contribution in [0.15, 0.2) is 0 Å². The molecular formula is Na2O3S2. The molecule has 0 fully saturated rings. The van der Waals surface area contributed by atoms with Crippen molar-refractivity contribution in [3.8, 4) is 0 Å². The summed E-state index contributed by atoms with van der Waals surface area (Å²) >= 11 is 7.47. The van der Waals surface area contributed by atoms with Gasteiger partial charge in [0.15, 0.2) is 0 Å². The van der Waals surface area contributed by atoms with Gasteiger partial charge in [-0.25, -0.2) is 0 Å². The van der Waals surface area contributed by atoms with Crippen molar-refractivity contribution in [2.75, 3.05) is 0 Å². The second-order valence-electron chi connectivity index (χ2n) is 0.204. The first-order valence-corrected chi connectivity index (χ1v) is 1.33. The van der Waals surface area contributed by atoms with Crippen LogP contribution >= 0.6 is 0 Å². The smallest absolute Gasteiger partial charge is 0.579 e. The molecule has 0 saturated carbocycles. The average Bonchev–Trinajstić information content (AvgIpc) is 1.41. The van der Waals surface area contributed by atoms with Gasteiger partial charge in [-0.1, -0.05) is 0 Å². The zero-order valence-corrected chi connectivity index (χ0v) is 9.67. The Balaban J connectivity index is -0.0000000800. The van der Waals surface area contributed by atoms with Crippen LogP contribution in [0.3, 0.4) is 0 Å². The van der Waals surface area contributed by atoms with Gasteiger partial charge in [0.05, 0.1) is 0 Å². The van der Waals surface area contributed by atoms with Gasteiger partial charge in [-0.15, -0.1) is 5.04 Å². The zero-order chi connectivity index (χ0) is 4.12. The van der Waals surface area contributed by atoms with E-state index in [2.05, 4.69) is 39.5 Å². The molecule has 7 heteroatoms. The summed E-state index contributed by atoms with van der Waals surface area (Å²) in [6, 6.07) is 0. The van der Waals surface area contributed by atoms with Crippen LogP contribution in [0.2, 0.25) is 0 Å². The Bertz CT molecular complexity index is 18.4. The molecule has 0 unspecified atom stereocenters. The predicted molar refractivity (Wildman–Crippen MR) is 18.0 cm³/mol. The van der Waals surface area contributed by atoms with Crippen LogP contribution in [0, 0.1) is 0 Å². The van der Waals surface area contributed by atoms with E-state index in [1.165, 1.54) is 0 Å². The predicted octanol–water partition coefficient (Wildman–Crippen LogP) is -6.20. The van der Waals surface area contributed by atoms with E-state index in [1.54, 1.807) is 0 Å². The first-order valence-electron chi connectivity index (χ1n) is 0.667. The largest absolute Gasteiger partial charge is 1.00 e. The van der Waals surface area contributed by atoms with Crippen molar-refractivity contribution in [3.05, 3.63) is 0 Å². The van der Waals surface area contributed by atoms with Crippen molar-refractivity contribution in [2.45, 2.75) is 0 Å². The number of rotatable bonds is 2. The molecule has 32 valence electrons. The Morgan fingerprint density at radius 2 is 1.14 bits per heavy atom. The fraction of sp³-hybridized carbons (Fsp3) is 0. The Hall–Kier alpha value is 2.58. The van der Waals surface area contributed by atoms with Crippen molar-refractivity contribution in [3.63, 3.8) is 0 Å². The normalized spacial score (nSPS) is 6.00. The molecule has 0 bridgehead atoms. The van der Waals surface area contributed by atoms with Gasteiger partial charge in [-0.2, -0.15) is 0 Å². The van der Waals surface area contributed by atoms with E-state index in [0.29, 0.717) is 0 Å². The minimum Gasteiger partial charge on any atom is -0.579 e. The standard InChI is InChI=1S/2Na.H2O3S2/c;;4-2-1-3-5/h;;4-5H/q2*+1;/p-2. The van der Waals surface area contributed by atoms with Gasteiger partial charge in [0.1, 0.15) is 0 Å². The van der Waals surface area contributed by atoms with Gasteiger partial charge in [0, 0.05) is 0 Å². The summed E-state index contributed by atoms with van der Waals surface area (Å²) < 4.78 is 6.90. The quantitative estimate of drug-likeness (QED) is 0.172. The minimum atomic E-state index is 0. The van der Waals surface area contributed by atoms with Crippen LogP contribution in [0.5, 0.6) is 0 Å². The van der Waals surface area contributed by atoms with E-state index in [4.69, 9.17) is 0 Å². The van der Waals surface area contributed by atoms with Gasteiger partial charge < -0.3 is 34.5 Å². The Morgan fingerprint density at radius 1 is 0.857 bits per heavy atom. The molecule has 0 atom stereocenters. The summed E-state index contributed by atoms with van der Waals surface area (Å²) in [6.07, 6.45) is 0. The minimum absolute atomic E-state index is 0. The van der Waals surface area contributed by atoms with Crippen LogP contribution in [0.25, 0.3) is 0 Å². The second kappa shape index (κ2) is 15.8. The van der Waals surface area contributed by atoms with E-state index >= 15 is 0 Å². The van der Waals surface area contributed by atoms with Crippen molar-refractivity contribution in [2.24, 2.45) is 0 Å². The maximum atomic E-state index is 3.74. The van der Waals surface area contributed by atoms with E-state index in [9.17, 15) is 0 Å². The van der Waals surface area contributed by atoms with Crippen molar-refractivity contribution < 1.29 is 72.8 Å². The Kier molecular flexibility index (Phi) is 36.8. The maximum absolute atomic E-state index is 3.74. The van der Waals surface area contributed by atoms with Crippen molar-refractivity contribution >= 4 is 25.8 Å². The number of hydrogen-bond acceptors (Lipinski definition) is 5. The molecule has 0 N–H and O–H groups in total. The average molecular weight is 158 g/mol. The van der Waals surface area contributed by atoms with Crippen molar-refractivity contribution in [1.82, 2.24) is 0 Å². The molecule has 0 aliphatic carbocycles. The molecule has 7 heavy (non-hydrogen) atoms. The van der Waals surface area contributed by atoms with E-state index < -0.39 is 0 Å². The van der Waals surface area contributed by atoms with E-state index in [-0.39, 0.29) is 59.1 Å². The molecule has 0 amide bonds. The van der Waals surface area contributed by atoms with Gasteiger partial charge in [-0.3, -0.25) is 0 Å². The molecule has 0 aromatic heterocycles. The van der Waals surface area contributed by atoms with Gasteiger partial charge in [0.25, 0.3) is 0 Å². The summed E-state index contributed by atoms with van der Waals surface area (Å²) in [5.41, 5.74) is 0. The fourth-order valence-corrected chi connectivity index (χ4v) is 0.102. The second-order valence-corrected chi connectivity index (χ2v) is 0.476. The van der Waals surface area contributed by atoms with Gasteiger partial charge in [0.2, 0.25) is 0 Å². The third kappa shape index (κ3) is 17.7. The fourth-order valence-electron chi connectivity index (χ4n) is 0.0113. The molecule has 0 aromatic rings. The van der Waals surface area contributed by atoms with Crippen LogP contribution in [0.4, 0.5) is 0 Å². The molecule has 0 heterocycles. The molecule has 0 saturated heterocycles. The van der Waals surface area contributed by atoms with Crippen LogP contribution < -0.4 is 59.1 Å². The molecule has 0 aromatic carbocycles. The summed E-state index contributed by atoms with van der Waals surface area (Å²) in [4.78, 5) is 0. The first kappa shape index (κ1) is 16.3. The summed E-state index contributed by atoms with van der Waals surface area (Å²) in [7, 11) is 0. The van der Waals surface area contributed by atoms with Gasteiger partial charge in [-0.05, 0) is 0 Å². The maximum Gasteiger partial charge on any atom is 1.00 e. The summed E-state index contributed by atoms with van der Waals surface area (Å²) in [5.74, 6) is 0. The summed E-state index contributed by atoms with van der Waals surface area (Å²) in [6.45, 7) is 0. The molecule has 0 radical (unpaired) electrons. The molecule has 0 spiro atoms. The molecule has 0 aliphatic rings. The van der Waals surface area contributed by atoms with E-state index in [1.807, 2.05) is 0 Å². The summed E-state index contributed by atoms with van der Waals surface area (Å²) in [5, 5.41) is 3.46. The third-order valence-electron chi connectivity index (χ3n) is 0.0556. The topological polar surface area (TPSA) is 27.7 Å². The molecule has 0 aliphatic heterocycles. The van der Waals surface area contributed by atoms with Crippen LogP contribution in [-0.4, -0.2) is 0 Å². The van der Waals surface area contributed by atoms with Gasteiger partial charge >= 0.3 is 59.1 Å². The number of hydrogen-bond donors (Lipinski definition) is 0. The van der Waals surface area contributed by atoms with Crippen LogP contribution in [-0.2, 0) is 39.5 Å². The first-order chi connectivity index (χ1) is 2.41. The molecule has 0 rings (SSSR count). The SMILES string of the molecule is [Na+].[Na+].[S-]OOO[S-]. The van der Waals surface area contributed by atoms with Crippen molar-refractivity contribution in [1.29, 1.82) is 0 Å². The van der Waals surface area contributed by atoms with Crippen LogP contribution in [0.1, 0.15) is 0 Å². The third-order valence-corrected chi connectivity index (χ3v) is 0.167. The molecule has 3 nitrogen and oxygen atoms in total. The Labute approximate surface area is 97.1 Å². The Morgan fingerprint density at radius 3 is 1.14 bits per heavy atom.